The number of hydrogen-bond acceptors (Lipinski definition) is 3. The molecule has 2 rings (SSSR count). The molecule has 19 heavy (non-hydrogen) atoms. The first-order valence-corrected chi connectivity index (χ1v) is 6.32. The SMILES string of the molecule is CNC(CC(C)(C)C(=O)O)c1coc2ccccc12. The van der Waals surface area contributed by atoms with Gasteiger partial charge < -0.3 is 14.8 Å². The molecular formula is C15H19NO3. The van der Waals surface area contributed by atoms with Gasteiger partial charge in [-0.2, -0.15) is 0 Å². The van der Waals surface area contributed by atoms with Crippen molar-refractivity contribution in [1.82, 2.24) is 5.32 Å². The smallest absolute Gasteiger partial charge is 0.309 e. The highest BCUT2D eigenvalue weighted by molar-refractivity contribution is 5.81. The minimum atomic E-state index is -0.791. The molecule has 1 atom stereocenters. The van der Waals surface area contributed by atoms with E-state index in [1.807, 2.05) is 31.3 Å². The Kier molecular flexibility index (Phi) is 3.62. The van der Waals surface area contributed by atoms with Crippen LogP contribution in [0, 0.1) is 5.41 Å². The highest BCUT2D eigenvalue weighted by Gasteiger charge is 2.31. The summed E-state index contributed by atoms with van der Waals surface area (Å²) in [6.07, 6.45) is 2.21. The van der Waals surface area contributed by atoms with Crippen LogP contribution in [0.5, 0.6) is 0 Å². The Morgan fingerprint density at radius 1 is 1.42 bits per heavy atom. The zero-order chi connectivity index (χ0) is 14.0. The molecule has 1 heterocycles. The van der Waals surface area contributed by atoms with E-state index in [0.29, 0.717) is 6.42 Å². The first-order chi connectivity index (χ1) is 8.95. The zero-order valence-corrected chi connectivity index (χ0v) is 11.4. The lowest BCUT2D eigenvalue weighted by atomic mass is 9.83. The molecule has 1 aromatic carbocycles. The summed E-state index contributed by atoms with van der Waals surface area (Å²) in [5, 5.41) is 13.5. The number of nitrogens with one attached hydrogen (secondary N) is 1. The van der Waals surface area contributed by atoms with E-state index in [9.17, 15) is 9.90 Å². The average molecular weight is 261 g/mol. The van der Waals surface area contributed by atoms with E-state index >= 15 is 0 Å². The Labute approximate surface area is 112 Å². The van der Waals surface area contributed by atoms with Crippen molar-refractivity contribution in [3.63, 3.8) is 0 Å². The van der Waals surface area contributed by atoms with Crippen molar-refractivity contribution < 1.29 is 14.3 Å². The van der Waals surface area contributed by atoms with Crippen LogP contribution in [0.25, 0.3) is 11.0 Å². The largest absolute Gasteiger partial charge is 0.481 e. The number of rotatable bonds is 5. The number of carboxylic acids is 1. The van der Waals surface area contributed by atoms with Crippen LogP contribution in [0.3, 0.4) is 0 Å². The number of aliphatic carboxylic acids is 1. The van der Waals surface area contributed by atoms with E-state index < -0.39 is 11.4 Å². The van der Waals surface area contributed by atoms with Gasteiger partial charge in [0.05, 0.1) is 11.7 Å². The molecule has 1 unspecified atom stereocenters. The minimum Gasteiger partial charge on any atom is -0.481 e. The minimum absolute atomic E-state index is 0.0465. The molecule has 0 fully saturated rings. The third kappa shape index (κ3) is 2.63. The standard InChI is InChI=1S/C15H19NO3/c1-15(2,14(17)18)8-12(16-3)11-9-19-13-7-5-4-6-10(11)13/h4-7,9,12,16H,8H2,1-3H3,(H,17,18). The van der Waals surface area contributed by atoms with Gasteiger partial charge in [0.1, 0.15) is 5.58 Å². The van der Waals surface area contributed by atoms with Crippen molar-refractivity contribution in [2.24, 2.45) is 5.41 Å². The molecule has 0 radical (unpaired) electrons. The predicted molar refractivity (Wildman–Crippen MR) is 74.0 cm³/mol. The van der Waals surface area contributed by atoms with Crippen LogP contribution in [0.15, 0.2) is 34.9 Å². The molecule has 1 aromatic heterocycles. The fourth-order valence-electron chi connectivity index (χ4n) is 2.23. The summed E-state index contributed by atoms with van der Waals surface area (Å²) >= 11 is 0. The van der Waals surface area contributed by atoms with E-state index in [2.05, 4.69) is 5.32 Å². The van der Waals surface area contributed by atoms with Crippen molar-refractivity contribution in [1.29, 1.82) is 0 Å². The van der Waals surface area contributed by atoms with Gasteiger partial charge in [-0.05, 0) is 33.4 Å². The Morgan fingerprint density at radius 2 is 2.11 bits per heavy atom. The van der Waals surface area contributed by atoms with Crippen LogP contribution < -0.4 is 5.32 Å². The van der Waals surface area contributed by atoms with Gasteiger partial charge in [-0.1, -0.05) is 18.2 Å². The lowest BCUT2D eigenvalue weighted by Gasteiger charge is -2.25. The number of carboxylic acid groups (broad SMARTS) is 1. The van der Waals surface area contributed by atoms with Gasteiger partial charge in [0.25, 0.3) is 0 Å². The molecule has 2 aromatic rings. The van der Waals surface area contributed by atoms with Gasteiger partial charge >= 0.3 is 5.97 Å². The summed E-state index contributed by atoms with van der Waals surface area (Å²) < 4.78 is 5.52. The molecule has 0 bridgehead atoms. The quantitative estimate of drug-likeness (QED) is 0.867. The fourth-order valence-corrected chi connectivity index (χ4v) is 2.23. The van der Waals surface area contributed by atoms with Crippen molar-refractivity contribution >= 4 is 16.9 Å². The summed E-state index contributed by atoms with van der Waals surface area (Å²) in [6.45, 7) is 3.48. The summed E-state index contributed by atoms with van der Waals surface area (Å²) in [5.74, 6) is -0.791. The predicted octanol–water partition coefficient (Wildman–Crippen LogP) is 3.19. The van der Waals surface area contributed by atoms with Crippen molar-refractivity contribution in [2.45, 2.75) is 26.3 Å². The van der Waals surface area contributed by atoms with Crippen LogP contribution in [0.2, 0.25) is 0 Å². The normalized spacial score (nSPS) is 13.6. The first-order valence-electron chi connectivity index (χ1n) is 6.32. The Bertz CT molecular complexity index is 586. The molecule has 4 nitrogen and oxygen atoms in total. The van der Waals surface area contributed by atoms with E-state index in [4.69, 9.17) is 4.42 Å². The molecule has 0 aliphatic carbocycles. The third-order valence-corrected chi connectivity index (χ3v) is 3.53. The van der Waals surface area contributed by atoms with E-state index in [-0.39, 0.29) is 6.04 Å². The second-order valence-electron chi connectivity index (χ2n) is 5.42. The maximum Gasteiger partial charge on any atom is 0.309 e. The summed E-state index contributed by atoms with van der Waals surface area (Å²) in [6, 6.07) is 7.73. The second-order valence-corrected chi connectivity index (χ2v) is 5.42. The Morgan fingerprint density at radius 3 is 2.74 bits per heavy atom. The lowest BCUT2D eigenvalue weighted by molar-refractivity contribution is -0.147. The van der Waals surface area contributed by atoms with Gasteiger partial charge in [-0.25, -0.2) is 0 Å². The number of carbonyl (C=O) groups is 1. The van der Waals surface area contributed by atoms with Gasteiger partial charge in [-0.3, -0.25) is 4.79 Å². The number of hydrogen-bond donors (Lipinski definition) is 2. The lowest BCUT2D eigenvalue weighted by Crippen LogP contribution is -2.30. The first kappa shape index (κ1) is 13.6. The summed E-state index contributed by atoms with van der Waals surface area (Å²) in [7, 11) is 1.84. The summed E-state index contributed by atoms with van der Waals surface area (Å²) in [4.78, 5) is 11.3. The van der Waals surface area contributed by atoms with Gasteiger partial charge in [0, 0.05) is 17.0 Å². The molecule has 102 valence electrons. The van der Waals surface area contributed by atoms with Crippen molar-refractivity contribution in [2.75, 3.05) is 7.05 Å². The maximum atomic E-state index is 11.3. The van der Waals surface area contributed by atoms with Crippen molar-refractivity contribution in [3.05, 3.63) is 36.1 Å². The molecule has 0 aliphatic rings. The van der Waals surface area contributed by atoms with Crippen LogP contribution in [0.4, 0.5) is 0 Å². The summed E-state index contributed by atoms with van der Waals surface area (Å²) in [5.41, 5.74) is 1.05. The van der Waals surface area contributed by atoms with E-state index in [1.54, 1.807) is 20.1 Å². The Hall–Kier alpha value is -1.81. The molecular weight excluding hydrogens is 242 g/mol. The molecule has 0 aliphatic heterocycles. The number of benzene rings is 1. The molecule has 0 saturated carbocycles. The van der Waals surface area contributed by atoms with Crippen LogP contribution in [-0.2, 0) is 4.79 Å². The van der Waals surface area contributed by atoms with Crippen LogP contribution in [0.1, 0.15) is 31.9 Å². The monoisotopic (exact) mass is 261 g/mol. The molecule has 2 N–H and O–H groups in total. The van der Waals surface area contributed by atoms with Crippen molar-refractivity contribution in [3.8, 4) is 0 Å². The molecule has 0 amide bonds. The Balaban J connectivity index is 2.35. The van der Waals surface area contributed by atoms with Gasteiger partial charge in [0.2, 0.25) is 0 Å². The van der Waals surface area contributed by atoms with Gasteiger partial charge in [0.15, 0.2) is 0 Å². The van der Waals surface area contributed by atoms with Crippen LogP contribution >= 0.6 is 0 Å². The zero-order valence-electron chi connectivity index (χ0n) is 11.4. The average Bonchev–Trinajstić information content (AvgIpc) is 2.79. The fraction of sp³-hybridized carbons (Fsp3) is 0.400. The highest BCUT2D eigenvalue weighted by atomic mass is 16.4. The van der Waals surface area contributed by atoms with Gasteiger partial charge in [-0.15, -0.1) is 0 Å². The number of furan rings is 1. The molecule has 0 spiro atoms. The van der Waals surface area contributed by atoms with E-state index in [1.165, 1.54) is 0 Å². The third-order valence-electron chi connectivity index (χ3n) is 3.53. The maximum absolute atomic E-state index is 11.3. The topological polar surface area (TPSA) is 62.5 Å². The second kappa shape index (κ2) is 5.05. The number of para-hydroxylation sites is 1. The van der Waals surface area contributed by atoms with Crippen LogP contribution in [-0.4, -0.2) is 18.1 Å². The number of fused-ring (bicyclic) bond motifs is 1. The highest BCUT2D eigenvalue weighted by Crippen LogP contribution is 2.34. The van der Waals surface area contributed by atoms with E-state index in [0.717, 1.165) is 16.5 Å². The molecule has 4 heteroatoms. The molecule has 0 saturated heterocycles.